The van der Waals surface area contributed by atoms with Gasteiger partial charge in [-0.3, -0.25) is 18.6 Å². The number of hydrogen-bond acceptors (Lipinski definition) is 7. The molecule has 8 nitrogen and oxygen atoms in total. The zero-order valence-corrected chi connectivity index (χ0v) is 21.5. The van der Waals surface area contributed by atoms with Gasteiger partial charge in [0.2, 0.25) is 0 Å². The van der Waals surface area contributed by atoms with Crippen LogP contribution in [0, 0.1) is 0 Å². The van der Waals surface area contributed by atoms with E-state index in [1.54, 1.807) is 91.9 Å². The number of para-hydroxylation sites is 1. The third-order valence-corrected chi connectivity index (χ3v) is 6.17. The number of esters is 1. The number of amides is 1. The molecule has 1 unspecified atom stereocenters. The Bertz CT molecular complexity index is 1340. The van der Waals surface area contributed by atoms with Crippen molar-refractivity contribution in [1.29, 1.82) is 0 Å². The van der Waals surface area contributed by atoms with Gasteiger partial charge in [0, 0.05) is 24.0 Å². The van der Waals surface area contributed by atoms with Gasteiger partial charge in [-0.15, -0.1) is 0 Å². The van der Waals surface area contributed by atoms with E-state index in [2.05, 4.69) is 5.32 Å². The van der Waals surface area contributed by atoms with E-state index in [0.29, 0.717) is 11.1 Å². The molecule has 0 saturated heterocycles. The van der Waals surface area contributed by atoms with Gasteiger partial charge >= 0.3 is 5.97 Å². The lowest BCUT2D eigenvalue weighted by Gasteiger charge is -2.31. The minimum absolute atomic E-state index is 0.138. The second kappa shape index (κ2) is 12.4. The first-order valence-corrected chi connectivity index (χ1v) is 13.6. The van der Waals surface area contributed by atoms with E-state index in [0.717, 1.165) is 6.26 Å². The number of carbonyl (C=O) groups is 3. The lowest BCUT2D eigenvalue weighted by molar-refractivity contribution is -0.145. The van der Waals surface area contributed by atoms with Gasteiger partial charge in [0.25, 0.3) is 16.0 Å². The molecule has 1 amide bonds. The van der Waals surface area contributed by atoms with Crippen LogP contribution in [0.2, 0.25) is 0 Å². The van der Waals surface area contributed by atoms with E-state index in [1.165, 1.54) is 0 Å². The van der Waals surface area contributed by atoms with Crippen molar-refractivity contribution in [3.05, 3.63) is 102 Å². The summed E-state index contributed by atoms with van der Waals surface area (Å²) in [5.74, 6) is -1.72. The highest BCUT2D eigenvalue weighted by atomic mass is 32.2. The first-order chi connectivity index (χ1) is 17.6. The molecule has 3 aromatic carbocycles. The van der Waals surface area contributed by atoms with E-state index in [4.69, 9.17) is 8.92 Å². The highest BCUT2D eigenvalue weighted by Crippen LogP contribution is 2.30. The molecule has 194 valence electrons. The first-order valence-electron chi connectivity index (χ1n) is 11.7. The molecule has 0 fully saturated rings. The van der Waals surface area contributed by atoms with Crippen molar-refractivity contribution in [3.63, 3.8) is 0 Å². The van der Waals surface area contributed by atoms with Crippen LogP contribution in [0.3, 0.4) is 0 Å². The van der Waals surface area contributed by atoms with Gasteiger partial charge in [-0.2, -0.15) is 8.42 Å². The molecule has 3 rings (SSSR count). The molecule has 0 aromatic heterocycles. The smallest absolute Gasteiger partial charge is 0.305 e. The Hall–Kier alpha value is -3.82. The maximum atomic E-state index is 13.8. The normalized spacial score (nSPS) is 12.8. The van der Waals surface area contributed by atoms with E-state index in [9.17, 15) is 22.8 Å². The van der Waals surface area contributed by atoms with E-state index >= 15 is 0 Å². The lowest BCUT2D eigenvalue weighted by atomic mass is 9.88. The number of hydrogen-bond donors (Lipinski definition) is 1. The Morgan fingerprint density at radius 1 is 0.865 bits per heavy atom. The maximum absolute atomic E-state index is 13.8. The van der Waals surface area contributed by atoms with Crippen LogP contribution in [0.1, 0.15) is 41.3 Å². The van der Waals surface area contributed by atoms with Crippen LogP contribution in [0.25, 0.3) is 0 Å². The topological polar surface area (TPSA) is 116 Å². The van der Waals surface area contributed by atoms with Gasteiger partial charge in [-0.1, -0.05) is 72.8 Å². The van der Waals surface area contributed by atoms with Gasteiger partial charge in [0.15, 0.2) is 11.4 Å². The second-order valence-electron chi connectivity index (χ2n) is 8.44. The fourth-order valence-corrected chi connectivity index (χ4v) is 4.71. The Morgan fingerprint density at radius 3 is 2.08 bits per heavy atom. The molecule has 0 radical (unpaired) electrons. The number of ether oxygens (including phenoxy) is 1. The van der Waals surface area contributed by atoms with E-state index < -0.39 is 27.6 Å². The van der Waals surface area contributed by atoms with Crippen molar-refractivity contribution >= 4 is 33.5 Å². The lowest BCUT2D eigenvalue weighted by Crippen LogP contribution is -2.49. The standard InChI is InChI=1S/C28H29NO7S/c1-3-35-25(30)18-19-28(36-37(2,33)34,20-21-12-6-4-7-13-21)27(32)29-24-17-11-10-16-23(24)26(31)22-14-8-5-9-15-22/h4-17H,3,18-20H2,1-2H3,(H,29,32). The SMILES string of the molecule is CCOC(=O)CCC(Cc1ccccc1)(OS(C)(=O)=O)C(=O)Nc1ccccc1C(=O)c1ccccc1. The van der Waals surface area contributed by atoms with Crippen molar-refractivity contribution in [2.24, 2.45) is 0 Å². The summed E-state index contributed by atoms with van der Waals surface area (Å²) in [5, 5.41) is 2.70. The number of rotatable bonds is 12. The molecule has 3 aromatic rings. The van der Waals surface area contributed by atoms with Crippen LogP contribution in [0.15, 0.2) is 84.9 Å². The third-order valence-electron chi connectivity index (χ3n) is 5.55. The average molecular weight is 524 g/mol. The minimum atomic E-state index is -4.15. The summed E-state index contributed by atoms with van der Waals surface area (Å²) in [6.45, 7) is 1.79. The van der Waals surface area contributed by atoms with E-state index in [1.807, 2.05) is 0 Å². The van der Waals surface area contributed by atoms with Gasteiger partial charge in [0.05, 0.1) is 18.6 Å². The van der Waals surface area contributed by atoms with Gasteiger partial charge < -0.3 is 10.1 Å². The zero-order valence-electron chi connectivity index (χ0n) is 20.7. The monoisotopic (exact) mass is 523 g/mol. The van der Waals surface area contributed by atoms with Crippen molar-refractivity contribution in [2.75, 3.05) is 18.2 Å². The molecule has 0 heterocycles. The first kappa shape index (κ1) is 27.8. The zero-order chi connectivity index (χ0) is 26.9. The molecule has 37 heavy (non-hydrogen) atoms. The van der Waals surface area contributed by atoms with Crippen LogP contribution in [-0.2, 0) is 35.0 Å². The molecule has 0 aliphatic heterocycles. The number of carbonyl (C=O) groups excluding carboxylic acids is 3. The summed E-state index contributed by atoms with van der Waals surface area (Å²) in [6.07, 6.45) is 0.181. The number of benzene rings is 3. The highest BCUT2D eigenvalue weighted by Gasteiger charge is 2.44. The van der Waals surface area contributed by atoms with Crippen LogP contribution < -0.4 is 5.32 Å². The van der Waals surface area contributed by atoms with E-state index in [-0.39, 0.29) is 42.9 Å². The van der Waals surface area contributed by atoms with Gasteiger partial charge in [-0.05, 0) is 31.0 Å². The minimum Gasteiger partial charge on any atom is -0.466 e. The van der Waals surface area contributed by atoms with Crippen molar-refractivity contribution in [3.8, 4) is 0 Å². The predicted octanol–water partition coefficient (Wildman–Crippen LogP) is 4.16. The Balaban J connectivity index is 2.02. The summed E-state index contributed by atoms with van der Waals surface area (Å²) in [6, 6.07) is 23.7. The fourth-order valence-electron chi connectivity index (χ4n) is 3.92. The molecule has 0 aliphatic rings. The molecule has 1 N–H and O–H groups in total. The van der Waals surface area contributed by atoms with Gasteiger partial charge in [-0.25, -0.2) is 0 Å². The summed E-state index contributed by atoms with van der Waals surface area (Å²) in [7, 11) is -4.15. The molecule has 0 saturated carbocycles. The van der Waals surface area contributed by atoms with Crippen LogP contribution in [0.4, 0.5) is 5.69 Å². The van der Waals surface area contributed by atoms with Gasteiger partial charge in [0.1, 0.15) is 0 Å². The van der Waals surface area contributed by atoms with Crippen LogP contribution in [0.5, 0.6) is 0 Å². The third kappa shape index (κ3) is 7.83. The summed E-state index contributed by atoms with van der Waals surface area (Å²) >= 11 is 0. The maximum Gasteiger partial charge on any atom is 0.305 e. The quantitative estimate of drug-likeness (QED) is 0.215. The van der Waals surface area contributed by atoms with Crippen molar-refractivity contribution in [1.82, 2.24) is 0 Å². The van der Waals surface area contributed by atoms with Crippen LogP contribution >= 0.6 is 0 Å². The molecular formula is C28H29NO7S. The number of ketones is 1. The molecule has 9 heteroatoms. The average Bonchev–Trinajstić information content (AvgIpc) is 2.87. The van der Waals surface area contributed by atoms with Crippen LogP contribution in [-0.4, -0.2) is 44.5 Å². The highest BCUT2D eigenvalue weighted by molar-refractivity contribution is 7.86. The van der Waals surface area contributed by atoms with Crippen molar-refractivity contribution in [2.45, 2.75) is 31.8 Å². The molecular weight excluding hydrogens is 494 g/mol. The molecule has 0 bridgehead atoms. The Morgan fingerprint density at radius 2 is 1.46 bits per heavy atom. The summed E-state index contributed by atoms with van der Waals surface area (Å²) in [5.41, 5.74) is -0.523. The summed E-state index contributed by atoms with van der Waals surface area (Å²) < 4.78 is 35.1. The predicted molar refractivity (Wildman–Crippen MR) is 140 cm³/mol. The largest absolute Gasteiger partial charge is 0.466 e. The Labute approximate surface area is 216 Å². The number of anilines is 1. The molecule has 0 spiro atoms. The summed E-state index contributed by atoms with van der Waals surface area (Å²) in [4.78, 5) is 39.2. The molecule has 1 atom stereocenters. The molecule has 0 aliphatic carbocycles. The second-order valence-corrected chi connectivity index (χ2v) is 10.0. The number of nitrogens with one attached hydrogen (secondary N) is 1. The van der Waals surface area contributed by atoms with Crippen molar-refractivity contribution < 1.29 is 31.7 Å². The Kier molecular flexibility index (Phi) is 9.32. The fraction of sp³-hybridized carbons (Fsp3) is 0.250.